The number of aromatic nitrogens is 2. The van der Waals surface area contributed by atoms with Gasteiger partial charge in [-0.1, -0.05) is 34.6 Å². The number of nitrogens with zero attached hydrogens (tertiary/aromatic N) is 3. The van der Waals surface area contributed by atoms with Crippen LogP contribution >= 0.6 is 15.9 Å². The first kappa shape index (κ1) is 17.4. The number of hydrogen-bond acceptors (Lipinski definition) is 4. The Balaban J connectivity index is 2.79. The molecule has 4 nitrogen and oxygen atoms in total. The molecule has 0 fully saturated rings. The van der Waals surface area contributed by atoms with Gasteiger partial charge in [-0.3, -0.25) is 0 Å². The van der Waals surface area contributed by atoms with Crippen LogP contribution in [0.1, 0.15) is 47.4 Å². The molecule has 1 rings (SSSR count). The van der Waals surface area contributed by atoms with Crippen molar-refractivity contribution in [2.75, 3.05) is 25.0 Å². The van der Waals surface area contributed by atoms with Crippen molar-refractivity contribution in [2.24, 2.45) is 0 Å². The van der Waals surface area contributed by atoms with E-state index in [0.29, 0.717) is 6.04 Å². The highest BCUT2D eigenvalue weighted by atomic mass is 79.9. The van der Waals surface area contributed by atoms with Gasteiger partial charge in [0.05, 0.1) is 0 Å². The van der Waals surface area contributed by atoms with Gasteiger partial charge in [-0.15, -0.1) is 0 Å². The predicted octanol–water partition coefficient (Wildman–Crippen LogP) is 3.68. The average molecular weight is 343 g/mol. The zero-order chi connectivity index (χ0) is 15.3. The maximum Gasteiger partial charge on any atom is 0.137 e. The van der Waals surface area contributed by atoms with Gasteiger partial charge in [0.1, 0.15) is 16.2 Å². The molecule has 1 N–H and O–H groups in total. The molecule has 0 aliphatic rings. The van der Waals surface area contributed by atoms with E-state index >= 15 is 0 Å². The van der Waals surface area contributed by atoms with E-state index in [1.165, 1.54) is 0 Å². The maximum atomic E-state index is 4.63. The van der Waals surface area contributed by atoms with Crippen LogP contribution in [-0.2, 0) is 5.41 Å². The third-order valence-electron chi connectivity index (χ3n) is 3.19. The Morgan fingerprint density at radius 2 is 1.85 bits per heavy atom. The second-order valence-electron chi connectivity index (χ2n) is 6.18. The molecule has 1 aromatic heterocycles. The highest BCUT2D eigenvalue weighted by molar-refractivity contribution is 9.10. The Morgan fingerprint density at radius 3 is 2.35 bits per heavy atom. The summed E-state index contributed by atoms with van der Waals surface area (Å²) in [7, 11) is 0. The van der Waals surface area contributed by atoms with Crippen LogP contribution < -0.4 is 5.32 Å². The zero-order valence-electron chi connectivity index (χ0n) is 13.5. The first-order valence-electron chi connectivity index (χ1n) is 7.30. The molecule has 0 radical (unpaired) electrons. The van der Waals surface area contributed by atoms with Crippen LogP contribution in [0, 0.1) is 0 Å². The maximum absolute atomic E-state index is 4.63. The van der Waals surface area contributed by atoms with Gasteiger partial charge in [0.2, 0.25) is 0 Å². The molecule has 20 heavy (non-hydrogen) atoms. The molecule has 0 saturated heterocycles. The summed E-state index contributed by atoms with van der Waals surface area (Å²) < 4.78 is 0.829. The van der Waals surface area contributed by atoms with Gasteiger partial charge in [0.25, 0.3) is 0 Å². The van der Waals surface area contributed by atoms with Crippen molar-refractivity contribution in [3.63, 3.8) is 0 Å². The second kappa shape index (κ2) is 7.36. The Bertz CT molecular complexity index is 424. The molecule has 114 valence electrons. The Morgan fingerprint density at radius 1 is 1.25 bits per heavy atom. The topological polar surface area (TPSA) is 41.0 Å². The minimum Gasteiger partial charge on any atom is -0.366 e. The summed E-state index contributed by atoms with van der Waals surface area (Å²) in [6.07, 6.45) is 0. The number of hydrogen-bond donors (Lipinski definition) is 1. The fourth-order valence-corrected chi connectivity index (χ4v) is 2.38. The quantitative estimate of drug-likeness (QED) is 0.800. The summed E-state index contributed by atoms with van der Waals surface area (Å²) in [5.74, 6) is 1.74. The van der Waals surface area contributed by atoms with E-state index in [0.717, 1.165) is 35.9 Å². The number of likely N-dealkylation sites (N-methyl/N-ethyl adjacent to an activating group) is 1. The van der Waals surface area contributed by atoms with Gasteiger partial charge >= 0.3 is 0 Å². The molecule has 1 aromatic rings. The molecule has 0 spiro atoms. The predicted molar refractivity (Wildman–Crippen MR) is 89.3 cm³/mol. The van der Waals surface area contributed by atoms with Crippen molar-refractivity contribution in [3.8, 4) is 0 Å². The van der Waals surface area contributed by atoms with Crippen LogP contribution in [0.3, 0.4) is 0 Å². The molecule has 1 atom stereocenters. The van der Waals surface area contributed by atoms with Crippen LogP contribution in [0.2, 0.25) is 0 Å². The number of rotatable bonds is 6. The van der Waals surface area contributed by atoms with E-state index in [1.807, 2.05) is 6.07 Å². The largest absolute Gasteiger partial charge is 0.366 e. The Hall–Kier alpha value is -0.680. The van der Waals surface area contributed by atoms with Gasteiger partial charge in [-0.05, 0) is 35.9 Å². The van der Waals surface area contributed by atoms with Crippen LogP contribution in [0.15, 0.2) is 10.7 Å². The van der Waals surface area contributed by atoms with Crippen LogP contribution in [-0.4, -0.2) is 40.5 Å². The van der Waals surface area contributed by atoms with Gasteiger partial charge in [0, 0.05) is 24.1 Å². The lowest BCUT2D eigenvalue weighted by atomic mass is 9.96. The Labute approximate surface area is 131 Å². The van der Waals surface area contributed by atoms with Crippen molar-refractivity contribution in [3.05, 3.63) is 16.5 Å². The summed E-state index contributed by atoms with van der Waals surface area (Å²) in [5, 5.41) is 3.47. The van der Waals surface area contributed by atoms with Gasteiger partial charge in [0.15, 0.2) is 0 Å². The number of halogens is 1. The Kier molecular flexibility index (Phi) is 6.40. The van der Waals surface area contributed by atoms with Crippen molar-refractivity contribution < 1.29 is 0 Å². The van der Waals surface area contributed by atoms with Crippen molar-refractivity contribution in [2.45, 2.75) is 53.0 Å². The third-order valence-corrected chi connectivity index (χ3v) is 3.59. The van der Waals surface area contributed by atoms with E-state index in [4.69, 9.17) is 0 Å². The van der Waals surface area contributed by atoms with Gasteiger partial charge in [-0.25, -0.2) is 9.97 Å². The van der Waals surface area contributed by atoms with Gasteiger partial charge in [-0.2, -0.15) is 0 Å². The van der Waals surface area contributed by atoms with Crippen LogP contribution in [0.25, 0.3) is 0 Å². The molecular weight excluding hydrogens is 316 g/mol. The second-order valence-corrected chi connectivity index (χ2v) is 6.99. The fourth-order valence-electron chi connectivity index (χ4n) is 1.99. The summed E-state index contributed by atoms with van der Waals surface area (Å²) in [6, 6.07) is 2.29. The fraction of sp³-hybridized carbons (Fsp3) is 0.733. The molecule has 0 aromatic carbocycles. The van der Waals surface area contributed by atoms with Crippen molar-refractivity contribution in [1.29, 1.82) is 0 Å². The standard InChI is InChI=1S/C15H27BrN4/c1-7-20(8-2)10-11(3)17-13-9-12(16)18-14(19-13)15(4,5)6/h9,11H,7-8,10H2,1-6H3,(H,17,18,19). The minimum absolute atomic E-state index is 0.0533. The molecule has 0 aliphatic carbocycles. The molecule has 0 amide bonds. The first-order chi connectivity index (χ1) is 9.26. The summed E-state index contributed by atoms with van der Waals surface area (Å²) >= 11 is 3.47. The molecule has 1 heterocycles. The van der Waals surface area contributed by atoms with E-state index in [1.54, 1.807) is 0 Å². The summed E-state index contributed by atoms with van der Waals surface area (Å²) in [4.78, 5) is 11.5. The summed E-state index contributed by atoms with van der Waals surface area (Å²) in [6.45, 7) is 16.1. The monoisotopic (exact) mass is 342 g/mol. The lowest BCUT2D eigenvalue weighted by Gasteiger charge is -2.24. The van der Waals surface area contributed by atoms with E-state index in [-0.39, 0.29) is 5.41 Å². The SMILES string of the molecule is CCN(CC)CC(C)Nc1cc(Br)nc(C(C)(C)C)n1. The molecule has 5 heteroatoms. The van der Waals surface area contributed by atoms with E-state index in [9.17, 15) is 0 Å². The average Bonchev–Trinajstić information content (AvgIpc) is 2.34. The molecule has 0 saturated carbocycles. The van der Waals surface area contributed by atoms with Crippen LogP contribution in [0.4, 0.5) is 5.82 Å². The smallest absolute Gasteiger partial charge is 0.137 e. The third kappa shape index (κ3) is 5.37. The first-order valence-corrected chi connectivity index (χ1v) is 8.09. The normalized spacial score (nSPS) is 13.6. The number of anilines is 1. The van der Waals surface area contributed by atoms with Crippen molar-refractivity contribution in [1.82, 2.24) is 14.9 Å². The van der Waals surface area contributed by atoms with Crippen molar-refractivity contribution >= 4 is 21.7 Å². The number of nitrogens with one attached hydrogen (secondary N) is 1. The van der Waals surface area contributed by atoms with E-state index < -0.39 is 0 Å². The lowest BCUT2D eigenvalue weighted by molar-refractivity contribution is 0.294. The zero-order valence-corrected chi connectivity index (χ0v) is 15.1. The summed E-state index contributed by atoms with van der Waals surface area (Å²) in [5.41, 5.74) is -0.0533. The molecule has 0 aliphatic heterocycles. The van der Waals surface area contributed by atoms with Crippen LogP contribution in [0.5, 0.6) is 0 Å². The molecule has 1 unspecified atom stereocenters. The van der Waals surface area contributed by atoms with Gasteiger partial charge < -0.3 is 10.2 Å². The van der Waals surface area contributed by atoms with E-state index in [2.05, 4.69) is 77.7 Å². The lowest BCUT2D eigenvalue weighted by Crippen LogP contribution is -2.35. The molecule has 0 bridgehead atoms. The molecular formula is C15H27BrN4. The highest BCUT2D eigenvalue weighted by Crippen LogP contribution is 2.22. The minimum atomic E-state index is -0.0533. The highest BCUT2D eigenvalue weighted by Gasteiger charge is 2.19.